The first-order valence-corrected chi connectivity index (χ1v) is 5.39. The first kappa shape index (κ1) is 13.1. The van der Waals surface area contributed by atoms with E-state index in [1.54, 1.807) is 14.0 Å². The summed E-state index contributed by atoms with van der Waals surface area (Å²) < 4.78 is 0. The van der Waals surface area contributed by atoms with E-state index in [4.69, 9.17) is 0 Å². The zero-order chi connectivity index (χ0) is 12.8. The molecule has 0 saturated carbocycles. The third-order valence-corrected chi connectivity index (χ3v) is 2.36. The molecule has 0 radical (unpaired) electrons. The van der Waals surface area contributed by atoms with Crippen molar-refractivity contribution in [3.63, 3.8) is 0 Å². The van der Waals surface area contributed by atoms with Crippen molar-refractivity contribution in [2.75, 3.05) is 12.5 Å². The number of anilines is 1. The molecule has 1 rings (SSSR count). The predicted molar refractivity (Wildman–Crippen MR) is 72.0 cm³/mol. The first-order chi connectivity index (χ1) is 8.04. The highest BCUT2D eigenvalue weighted by atomic mass is 16.1. The van der Waals surface area contributed by atoms with Gasteiger partial charge in [-0.1, -0.05) is 17.7 Å². The lowest BCUT2D eigenvalue weighted by molar-refractivity contribution is -0.110. The average molecular weight is 231 g/mol. The fourth-order valence-electron chi connectivity index (χ4n) is 1.27. The number of aliphatic imine (C=N–C) groups is 1. The Kier molecular flexibility index (Phi) is 4.57. The summed E-state index contributed by atoms with van der Waals surface area (Å²) in [6.07, 6.45) is 0. The lowest BCUT2D eigenvalue weighted by Gasteiger charge is -2.04. The van der Waals surface area contributed by atoms with Crippen LogP contribution in [0.2, 0.25) is 0 Å². The Labute approximate surface area is 101 Å². The van der Waals surface area contributed by atoms with Crippen molar-refractivity contribution in [1.29, 1.82) is 0 Å². The highest BCUT2D eigenvalue weighted by Crippen LogP contribution is 2.08. The highest BCUT2D eigenvalue weighted by Gasteiger charge is 2.08. The van der Waals surface area contributed by atoms with E-state index in [-0.39, 0.29) is 5.78 Å². The van der Waals surface area contributed by atoms with Gasteiger partial charge < -0.3 is 0 Å². The Bertz CT molecular complexity index is 458. The summed E-state index contributed by atoms with van der Waals surface area (Å²) in [6, 6.07) is 7.78. The number of aryl methyl sites for hydroxylation is 1. The maximum absolute atomic E-state index is 11.4. The third kappa shape index (κ3) is 3.83. The second kappa shape index (κ2) is 5.94. The lowest BCUT2D eigenvalue weighted by atomic mass is 10.2. The number of Topliss-reactive ketones (excluding diaryl/α,β-unsaturated/α-hetero) is 1. The van der Waals surface area contributed by atoms with E-state index in [1.165, 1.54) is 12.5 Å². The van der Waals surface area contributed by atoms with Crippen molar-refractivity contribution >= 4 is 22.9 Å². The minimum absolute atomic E-state index is 0.104. The summed E-state index contributed by atoms with van der Waals surface area (Å²) in [5, 5.41) is 4.08. The van der Waals surface area contributed by atoms with Gasteiger partial charge in [-0.3, -0.25) is 15.2 Å². The molecular weight excluding hydrogens is 214 g/mol. The molecule has 0 aliphatic heterocycles. The Hall–Kier alpha value is -1.97. The first-order valence-electron chi connectivity index (χ1n) is 5.39. The molecule has 17 heavy (non-hydrogen) atoms. The molecule has 0 aliphatic rings. The molecule has 1 aromatic carbocycles. The van der Waals surface area contributed by atoms with Gasteiger partial charge in [0, 0.05) is 14.0 Å². The van der Waals surface area contributed by atoms with Gasteiger partial charge in [-0.25, -0.2) is 0 Å². The van der Waals surface area contributed by atoms with Gasteiger partial charge in [-0.2, -0.15) is 5.10 Å². The summed E-state index contributed by atoms with van der Waals surface area (Å²) in [5.74, 6) is -0.104. The minimum atomic E-state index is -0.104. The summed E-state index contributed by atoms with van der Waals surface area (Å²) in [6.45, 7) is 5.25. The van der Waals surface area contributed by atoms with Gasteiger partial charge in [0.25, 0.3) is 0 Å². The molecule has 0 bridgehead atoms. The normalized spacial score (nSPS) is 12.5. The second-order valence-corrected chi connectivity index (χ2v) is 3.80. The molecular formula is C13H17N3O. The van der Waals surface area contributed by atoms with Crippen LogP contribution in [0, 0.1) is 6.92 Å². The smallest absolute Gasteiger partial charge is 0.181 e. The maximum Gasteiger partial charge on any atom is 0.181 e. The Morgan fingerprint density at radius 2 is 1.76 bits per heavy atom. The van der Waals surface area contributed by atoms with Gasteiger partial charge in [0.15, 0.2) is 5.78 Å². The molecule has 0 spiro atoms. The Balaban J connectivity index is 2.87. The van der Waals surface area contributed by atoms with Crippen molar-refractivity contribution in [2.24, 2.45) is 10.1 Å². The number of hydrogen-bond acceptors (Lipinski definition) is 4. The number of hydrazone groups is 1. The SMILES string of the molecule is CN=C(C)/C(=N/Nc1ccc(C)cc1)C(C)=O. The number of nitrogens with one attached hydrogen (secondary N) is 1. The van der Waals surface area contributed by atoms with Crippen molar-refractivity contribution in [3.8, 4) is 0 Å². The molecule has 0 aromatic heterocycles. The Morgan fingerprint density at radius 1 is 1.18 bits per heavy atom. The molecule has 0 aliphatic carbocycles. The minimum Gasteiger partial charge on any atom is -0.293 e. The number of benzene rings is 1. The number of rotatable bonds is 4. The lowest BCUT2D eigenvalue weighted by Crippen LogP contribution is -2.20. The van der Waals surface area contributed by atoms with Gasteiger partial charge in [0.05, 0.1) is 11.4 Å². The van der Waals surface area contributed by atoms with Gasteiger partial charge in [0.1, 0.15) is 5.71 Å². The van der Waals surface area contributed by atoms with Crippen LogP contribution in [0.3, 0.4) is 0 Å². The molecule has 0 amide bonds. The van der Waals surface area contributed by atoms with Gasteiger partial charge in [0.2, 0.25) is 0 Å². The van der Waals surface area contributed by atoms with E-state index in [2.05, 4.69) is 15.5 Å². The van der Waals surface area contributed by atoms with Crippen molar-refractivity contribution < 1.29 is 4.79 Å². The average Bonchev–Trinajstić information content (AvgIpc) is 2.31. The standard InChI is InChI=1S/C13H17N3O/c1-9-5-7-12(8-6-9)15-16-13(11(3)17)10(2)14-4/h5-8,15H,1-4H3/b14-10?,16-13-. The van der Waals surface area contributed by atoms with Crippen molar-refractivity contribution in [2.45, 2.75) is 20.8 Å². The number of carbonyl (C=O) groups excluding carboxylic acids is 1. The van der Waals surface area contributed by atoms with E-state index < -0.39 is 0 Å². The maximum atomic E-state index is 11.4. The van der Waals surface area contributed by atoms with Crippen LogP contribution in [0.5, 0.6) is 0 Å². The number of hydrogen-bond donors (Lipinski definition) is 1. The highest BCUT2D eigenvalue weighted by molar-refractivity contribution is 6.66. The van der Waals surface area contributed by atoms with Crippen LogP contribution in [0.15, 0.2) is 34.4 Å². The second-order valence-electron chi connectivity index (χ2n) is 3.80. The zero-order valence-corrected chi connectivity index (χ0v) is 10.6. The quantitative estimate of drug-likeness (QED) is 0.639. The van der Waals surface area contributed by atoms with Crippen LogP contribution in [0.1, 0.15) is 19.4 Å². The van der Waals surface area contributed by atoms with Crippen LogP contribution in [-0.4, -0.2) is 24.3 Å². The molecule has 0 heterocycles. The molecule has 90 valence electrons. The van der Waals surface area contributed by atoms with Crippen LogP contribution in [0.25, 0.3) is 0 Å². The monoisotopic (exact) mass is 231 g/mol. The van der Waals surface area contributed by atoms with Gasteiger partial charge in [-0.15, -0.1) is 0 Å². The molecule has 1 N–H and O–H groups in total. The molecule has 4 nitrogen and oxygen atoms in total. The Morgan fingerprint density at radius 3 is 2.24 bits per heavy atom. The zero-order valence-electron chi connectivity index (χ0n) is 10.6. The van der Waals surface area contributed by atoms with Gasteiger partial charge in [-0.05, 0) is 26.0 Å². The molecule has 0 saturated heterocycles. The molecule has 0 unspecified atom stereocenters. The van der Waals surface area contributed by atoms with E-state index >= 15 is 0 Å². The van der Waals surface area contributed by atoms with Crippen LogP contribution < -0.4 is 5.43 Å². The van der Waals surface area contributed by atoms with Crippen molar-refractivity contribution in [1.82, 2.24) is 0 Å². The van der Waals surface area contributed by atoms with Crippen LogP contribution in [-0.2, 0) is 4.79 Å². The summed E-state index contributed by atoms with van der Waals surface area (Å²) in [7, 11) is 1.64. The number of ketones is 1. The van der Waals surface area contributed by atoms with Crippen LogP contribution >= 0.6 is 0 Å². The predicted octanol–water partition coefficient (Wildman–Crippen LogP) is 2.44. The van der Waals surface area contributed by atoms with E-state index in [9.17, 15) is 4.79 Å². The fraction of sp³-hybridized carbons (Fsp3) is 0.308. The van der Waals surface area contributed by atoms with Gasteiger partial charge >= 0.3 is 0 Å². The molecule has 0 atom stereocenters. The van der Waals surface area contributed by atoms with E-state index in [0.717, 1.165) is 5.69 Å². The summed E-state index contributed by atoms with van der Waals surface area (Å²) >= 11 is 0. The molecule has 0 fully saturated rings. The summed E-state index contributed by atoms with van der Waals surface area (Å²) in [4.78, 5) is 15.3. The topological polar surface area (TPSA) is 53.8 Å². The number of carbonyl (C=O) groups is 1. The summed E-state index contributed by atoms with van der Waals surface area (Å²) in [5.41, 5.74) is 5.86. The number of nitrogens with zero attached hydrogens (tertiary/aromatic N) is 2. The fourth-order valence-corrected chi connectivity index (χ4v) is 1.27. The largest absolute Gasteiger partial charge is 0.293 e. The van der Waals surface area contributed by atoms with E-state index in [0.29, 0.717) is 11.4 Å². The van der Waals surface area contributed by atoms with Crippen LogP contribution in [0.4, 0.5) is 5.69 Å². The third-order valence-electron chi connectivity index (χ3n) is 2.36. The van der Waals surface area contributed by atoms with Crippen molar-refractivity contribution in [3.05, 3.63) is 29.8 Å². The molecule has 1 aromatic rings. The van der Waals surface area contributed by atoms with E-state index in [1.807, 2.05) is 31.2 Å². The molecule has 4 heteroatoms.